The molecule has 3 rings (SSSR count). The van der Waals surface area contributed by atoms with E-state index in [2.05, 4.69) is 15.5 Å². The van der Waals surface area contributed by atoms with Crippen molar-refractivity contribution in [3.05, 3.63) is 48.0 Å². The number of carbonyl (C=O) groups is 1. The molecule has 140 valence electrons. The summed E-state index contributed by atoms with van der Waals surface area (Å²) in [5.74, 6) is 0.718. The molecule has 0 saturated carbocycles. The van der Waals surface area contributed by atoms with Gasteiger partial charge in [0.1, 0.15) is 6.33 Å². The number of rotatable bonds is 6. The number of morpholine rings is 1. The molecule has 2 atom stereocenters. The zero-order valence-electron chi connectivity index (χ0n) is 14.9. The van der Waals surface area contributed by atoms with E-state index in [1.165, 1.54) is 0 Å². The number of hydrogen-bond acceptors (Lipinski definition) is 5. The third-order valence-electron chi connectivity index (χ3n) is 4.60. The maximum atomic E-state index is 12.6. The number of aliphatic hydroxyl groups excluding tert-OH is 1. The van der Waals surface area contributed by atoms with Crippen LogP contribution in [0.1, 0.15) is 30.8 Å². The van der Waals surface area contributed by atoms with E-state index >= 15 is 0 Å². The molecule has 1 aliphatic rings. The number of aliphatic hydroxyl groups is 1. The molecule has 2 N–H and O–H groups in total. The van der Waals surface area contributed by atoms with Crippen molar-refractivity contribution in [3.8, 4) is 0 Å². The number of benzene rings is 1. The first-order chi connectivity index (χ1) is 12.7. The van der Waals surface area contributed by atoms with Crippen molar-refractivity contribution < 1.29 is 14.6 Å². The summed E-state index contributed by atoms with van der Waals surface area (Å²) in [5, 5.41) is 21.3. The fourth-order valence-corrected chi connectivity index (χ4v) is 3.12. The largest absolute Gasteiger partial charge is 0.388 e. The van der Waals surface area contributed by atoms with E-state index in [1.54, 1.807) is 11.2 Å². The van der Waals surface area contributed by atoms with Crippen LogP contribution in [-0.2, 0) is 17.8 Å². The van der Waals surface area contributed by atoms with Gasteiger partial charge in [-0.1, -0.05) is 30.3 Å². The summed E-state index contributed by atoms with van der Waals surface area (Å²) < 4.78 is 7.41. The summed E-state index contributed by atoms with van der Waals surface area (Å²) in [6.45, 7) is 4.48. The molecule has 0 unspecified atom stereocenters. The lowest BCUT2D eigenvalue weighted by Gasteiger charge is -2.36. The SMILES string of the molecule is CCn1cnnc1CNC(=O)N1CCOC[C@H]1C[C@@H](O)c1ccccc1. The van der Waals surface area contributed by atoms with Gasteiger partial charge in [0, 0.05) is 19.5 Å². The van der Waals surface area contributed by atoms with Gasteiger partial charge in [-0.3, -0.25) is 0 Å². The molecule has 26 heavy (non-hydrogen) atoms. The zero-order chi connectivity index (χ0) is 18.4. The first-order valence-corrected chi connectivity index (χ1v) is 8.91. The smallest absolute Gasteiger partial charge is 0.318 e. The Labute approximate surface area is 152 Å². The highest BCUT2D eigenvalue weighted by Crippen LogP contribution is 2.22. The summed E-state index contributed by atoms with van der Waals surface area (Å²) >= 11 is 0. The van der Waals surface area contributed by atoms with Crippen LogP contribution in [0.2, 0.25) is 0 Å². The summed E-state index contributed by atoms with van der Waals surface area (Å²) in [5.41, 5.74) is 0.842. The lowest BCUT2D eigenvalue weighted by molar-refractivity contribution is -0.00702. The van der Waals surface area contributed by atoms with Crippen molar-refractivity contribution in [3.63, 3.8) is 0 Å². The number of nitrogens with one attached hydrogen (secondary N) is 1. The van der Waals surface area contributed by atoms with Crippen molar-refractivity contribution in [2.45, 2.75) is 38.6 Å². The van der Waals surface area contributed by atoms with Gasteiger partial charge in [-0.15, -0.1) is 10.2 Å². The first-order valence-electron chi connectivity index (χ1n) is 8.91. The number of carbonyl (C=O) groups excluding carboxylic acids is 1. The van der Waals surface area contributed by atoms with Gasteiger partial charge >= 0.3 is 6.03 Å². The predicted octanol–water partition coefficient (Wildman–Crippen LogP) is 1.33. The highest BCUT2D eigenvalue weighted by atomic mass is 16.5. The second kappa shape index (κ2) is 8.77. The summed E-state index contributed by atoms with van der Waals surface area (Å²) in [7, 11) is 0. The molecule has 0 bridgehead atoms. The maximum Gasteiger partial charge on any atom is 0.318 e. The van der Waals surface area contributed by atoms with Crippen molar-refractivity contribution in [1.82, 2.24) is 25.0 Å². The minimum atomic E-state index is -0.638. The highest BCUT2D eigenvalue weighted by Gasteiger charge is 2.29. The maximum absolute atomic E-state index is 12.6. The molecule has 1 saturated heterocycles. The van der Waals surface area contributed by atoms with Gasteiger partial charge in [0.2, 0.25) is 0 Å². The molecule has 0 radical (unpaired) electrons. The van der Waals surface area contributed by atoms with Gasteiger partial charge in [-0.05, 0) is 12.5 Å². The number of amides is 2. The van der Waals surface area contributed by atoms with E-state index in [1.807, 2.05) is 41.8 Å². The van der Waals surface area contributed by atoms with E-state index in [0.717, 1.165) is 17.9 Å². The summed E-state index contributed by atoms with van der Waals surface area (Å²) in [6, 6.07) is 9.11. The molecule has 1 aromatic heterocycles. The second-order valence-corrected chi connectivity index (χ2v) is 6.28. The first kappa shape index (κ1) is 18.3. The van der Waals surface area contributed by atoms with Gasteiger partial charge < -0.3 is 24.6 Å². The van der Waals surface area contributed by atoms with Crippen LogP contribution in [0.5, 0.6) is 0 Å². The van der Waals surface area contributed by atoms with Gasteiger partial charge in [-0.2, -0.15) is 0 Å². The zero-order valence-corrected chi connectivity index (χ0v) is 14.9. The lowest BCUT2D eigenvalue weighted by Crippen LogP contribution is -2.52. The standard InChI is InChI=1S/C18H25N5O3/c1-2-22-13-20-21-17(22)11-19-18(25)23-8-9-26-12-15(23)10-16(24)14-6-4-3-5-7-14/h3-7,13,15-16,24H,2,8-12H2,1H3,(H,19,25)/t15-,16-/m1/s1. The molecular weight excluding hydrogens is 334 g/mol. The van der Waals surface area contributed by atoms with Gasteiger partial charge in [0.15, 0.2) is 5.82 Å². The molecule has 1 aromatic carbocycles. The average Bonchev–Trinajstić information content (AvgIpc) is 3.15. The Morgan fingerprint density at radius 3 is 3.00 bits per heavy atom. The number of aryl methyl sites for hydroxylation is 1. The van der Waals surface area contributed by atoms with Crippen molar-refractivity contribution in [2.75, 3.05) is 19.8 Å². The van der Waals surface area contributed by atoms with Gasteiger partial charge in [0.25, 0.3) is 0 Å². The molecule has 1 fully saturated rings. The monoisotopic (exact) mass is 359 g/mol. The molecule has 0 spiro atoms. The molecule has 8 nitrogen and oxygen atoms in total. The van der Waals surface area contributed by atoms with E-state index in [4.69, 9.17) is 4.74 Å². The van der Waals surface area contributed by atoms with Crippen LogP contribution in [0.25, 0.3) is 0 Å². The molecular formula is C18H25N5O3. The van der Waals surface area contributed by atoms with Crippen molar-refractivity contribution in [2.24, 2.45) is 0 Å². The van der Waals surface area contributed by atoms with Gasteiger partial charge in [-0.25, -0.2) is 4.79 Å². The molecule has 2 aromatic rings. The predicted molar refractivity (Wildman–Crippen MR) is 95.3 cm³/mol. The van der Waals surface area contributed by atoms with Crippen LogP contribution in [0.4, 0.5) is 4.79 Å². The highest BCUT2D eigenvalue weighted by molar-refractivity contribution is 5.74. The van der Waals surface area contributed by atoms with E-state index in [9.17, 15) is 9.90 Å². The van der Waals surface area contributed by atoms with Crippen LogP contribution in [0.15, 0.2) is 36.7 Å². The number of ether oxygens (including phenoxy) is 1. The van der Waals surface area contributed by atoms with Crippen LogP contribution >= 0.6 is 0 Å². The Balaban J connectivity index is 1.60. The molecule has 8 heteroatoms. The van der Waals surface area contributed by atoms with Crippen LogP contribution in [0, 0.1) is 0 Å². The Hall–Kier alpha value is -2.45. The van der Waals surface area contributed by atoms with Crippen LogP contribution in [-0.4, -0.2) is 56.6 Å². The normalized spacial score (nSPS) is 18.5. The van der Waals surface area contributed by atoms with E-state index in [-0.39, 0.29) is 12.1 Å². The topological polar surface area (TPSA) is 92.5 Å². The lowest BCUT2D eigenvalue weighted by atomic mass is 10.0. The van der Waals surface area contributed by atoms with Gasteiger partial charge in [0.05, 0.1) is 31.9 Å². The average molecular weight is 359 g/mol. The molecule has 1 aliphatic heterocycles. The minimum Gasteiger partial charge on any atom is -0.388 e. The second-order valence-electron chi connectivity index (χ2n) is 6.28. The quantitative estimate of drug-likeness (QED) is 0.812. The van der Waals surface area contributed by atoms with Crippen molar-refractivity contribution in [1.29, 1.82) is 0 Å². The number of hydrogen-bond donors (Lipinski definition) is 2. The summed E-state index contributed by atoms with van der Waals surface area (Å²) in [6.07, 6.45) is 1.44. The third kappa shape index (κ3) is 4.39. The van der Waals surface area contributed by atoms with Crippen LogP contribution < -0.4 is 5.32 Å². The van der Waals surface area contributed by atoms with E-state index < -0.39 is 6.10 Å². The number of aromatic nitrogens is 3. The minimum absolute atomic E-state index is 0.177. The summed E-state index contributed by atoms with van der Waals surface area (Å²) in [4.78, 5) is 14.4. The van der Waals surface area contributed by atoms with Crippen molar-refractivity contribution >= 4 is 6.03 Å². The number of nitrogens with zero attached hydrogens (tertiary/aromatic N) is 4. The fourth-order valence-electron chi connectivity index (χ4n) is 3.12. The Morgan fingerprint density at radius 2 is 2.23 bits per heavy atom. The number of urea groups is 1. The fraction of sp³-hybridized carbons (Fsp3) is 0.500. The Kier molecular flexibility index (Phi) is 6.19. The Morgan fingerprint density at radius 1 is 1.42 bits per heavy atom. The molecule has 0 aliphatic carbocycles. The van der Waals surface area contributed by atoms with E-state index in [0.29, 0.717) is 32.7 Å². The Bertz CT molecular complexity index is 706. The van der Waals surface area contributed by atoms with Crippen LogP contribution in [0.3, 0.4) is 0 Å². The third-order valence-corrected chi connectivity index (χ3v) is 4.60. The molecule has 2 amide bonds. The molecule has 2 heterocycles.